The maximum absolute atomic E-state index is 15.1. The van der Waals surface area contributed by atoms with Gasteiger partial charge in [-0.05, 0) is 6.92 Å². The maximum Gasteiger partial charge on any atom is 0.249 e. The van der Waals surface area contributed by atoms with Gasteiger partial charge in [-0.25, -0.2) is 53.9 Å². The third-order valence-corrected chi connectivity index (χ3v) is 6.03. The van der Waals surface area contributed by atoms with Crippen molar-refractivity contribution < 1.29 is 52.7 Å². The summed E-state index contributed by atoms with van der Waals surface area (Å²) in [6.07, 6.45) is 0. The van der Waals surface area contributed by atoms with Crippen molar-refractivity contribution in [3.05, 3.63) is 69.3 Å². The third kappa shape index (κ3) is 3.88. The van der Waals surface area contributed by atoms with E-state index >= 15 is 17.6 Å². The molecule has 0 saturated heterocycles. The van der Waals surface area contributed by atoms with Crippen molar-refractivity contribution in [2.45, 2.75) is 6.92 Å². The summed E-state index contributed by atoms with van der Waals surface area (Å²) < 4.78 is 156. The second kappa shape index (κ2) is 9.88. The zero-order valence-electron chi connectivity index (χ0n) is 20.3. The summed E-state index contributed by atoms with van der Waals surface area (Å²) in [5.74, 6) is -25.1. The molecule has 0 bridgehead atoms. The van der Waals surface area contributed by atoms with Gasteiger partial charge in [0.15, 0.2) is 63.3 Å². The van der Waals surface area contributed by atoms with E-state index in [0.717, 1.165) is 6.92 Å². The summed E-state index contributed by atoms with van der Waals surface area (Å²) >= 11 is 0. The second-order valence-corrected chi connectivity index (χ2v) is 8.37. The van der Waals surface area contributed by atoms with E-state index in [4.69, 9.17) is 8.83 Å². The number of halogens is 10. The van der Waals surface area contributed by atoms with E-state index in [1.54, 1.807) is 6.07 Å². The maximum atomic E-state index is 15.1. The minimum atomic E-state index is -2.60. The normalized spacial score (nSPS) is 11.9. The van der Waals surface area contributed by atoms with Crippen LogP contribution in [0.2, 0.25) is 0 Å². The van der Waals surface area contributed by atoms with Crippen molar-refractivity contribution in [1.29, 1.82) is 15.8 Å². The monoisotopic (exact) mass is 607 g/mol. The van der Waals surface area contributed by atoms with Crippen LogP contribution in [0.3, 0.4) is 0 Å². The van der Waals surface area contributed by atoms with Crippen LogP contribution >= 0.6 is 0 Å². The van der Waals surface area contributed by atoms with Gasteiger partial charge in [-0.15, -0.1) is 0 Å². The predicted octanol–water partition coefficient (Wildman–Crippen LogP) is 5.59. The fourth-order valence-corrected chi connectivity index (χ4v) is 4.08. The Morgan fingerprint density at radius 2 is 0.814 bits per heavy atom. The number of hydrogen-bond acceptors (Lipinski definition) is 7. The summed E-state index contributed by atoms with van der Waals surface area (Å²) in [6, 6.07) is 4.14. The van der Waals surface area contributed by atoms with Gasteiger partial charge in [-0.2, -0.15) is 15.8 Å². The summed E-state index contributed by atoms with van der Waals surface area (Å²) in [6.45, 7) is 1.04. The number of hydrogen-bond donors (Lipinski definition) is 0. The van der Waals surface area contributed by atoms with Gasteiger partial charge >= 0.3 is 0 Å². The van der Waals surface area contributed by atoms with Crippen molar-refractivity contribution in [3.63, 3.8) is 0 Å². The van der Waals surface area contributed by atoms with Crippen LogP contribution in [0.1, 0.15) is 6.92 Å². The SMILES string of the molecule is C/C(C#N)=c1\nc2c(-c3c(F)c(F)c(F)c(F)c3F)c3oc(=C(C#N)C#N)nc3c(-c3c(F)c(F)c(F)c(F)c3F)c2o1. The standard InChI is InChI=1S/C26H3F10N5O2/c1-5(2-37)25-40-21-9(7-11(27)15(31)19(35)16(32)12(7)28)24-22(41-26(43-24)6(3-38)4-39)10(23(21)42-25)8-13(29)17(33)20(36)18(34)14(8)30/h1H3/b25-5-. The molecule has 0 amide bonds. The average Bonchev–Trinajstić information content (AvgIpc) is 3.63. The molecule has 2 heterocycles. The van der Waals surface area contributed by atoms with Gasteiger partial charge in [0.1, 0.15) is 29.2 Å². The van der Waals surface area contributed by atoms with Crippen molar-refractivity contribution in [1.82, 2.24) is 9.97 Å². The molecule has 2 aromatic heterocycles. The second-order valence-electron chi connectivity index (χ2n) is 8.37. The highest BCUT2D eigenvalue weighted by Crippen LogP contribution is 2.46. The molecule has 43 heavy (non-hydrogen) atoms. The average molecular weight is 607 g/mol. The Morgan fingerprint density at radius 1 is 0.488 bits per heavy atom. The minimum absolute atomic E-state index is 0.447. The molecule has 0 aliphatic carbocycles. The minimum Gasteiger partial charge on any atom is -0.435 e. The zero-order valence-corrected chi connectivity index (χ0v) is 20.3. The Hall–Kier alpha value is -5.89. The van der Waals surface area contributed by atoms with E-state index in [0.29, 0.717) is 0 Å². The smallest absolute Gasteiger partial charge is 0.249 e. The predicted molar refractivity (Wildman–Crippen MR) is 121 cm³/mol. The van der Waals surface area contributed by atoms with Crippen LogP contribution < -0.4 is 11.1 Å². The molecule has 0 radical (unpaired) electrons. The van der Waals surface area contributed by atoms with Gasteiger partial charge in [-0.1, -0.05) is 0 Å². The van der Waals surface area contributed by atoms with Gasteiger partial charge < -0.3 is 8.83 Å². The first-order valence-electron chi connectivity index (χ1n) is 11.0. The molecule has 0 atom stereocenters. The zero-order chi connectivity index (χ0) is 31.7. The van der Waals surface area contributed by atoms with Crippen molar-refractivity contribution in [3.8, 4) is 40.5 Å². The fourth-order valence-electron chi connectivity index (χ4n) is 4.08. The lowest BCUT2D eigenvalue weighted by atomic mass is 9.94. The molecule has 5 aromatic rings. The molecule has 5 rings (SSSR count). The molecule has 0 unspecified atom stereocenters. The fraction of sp³-hybridized carbons (Fsp3) is 0.0385. The van der Waals surface area contributed by atoms with Gasteiger partial charge in [0, 0.05) is 0 Å². The molecule has 3 aromatic carbocycles. The van der Waals surface area contributed by atoms with Gasteiger partial charge in [-0.3, -0.25) is 0 Å². The molecular formula is C26H3F10N5O2. The summed E-state index contributed by atoms with van der Waals surface area (Å²) in [7, 11) is 0. The molecule has 0 aliphatic rings. The third-order valence-electron chi connectivity index (χ3n) is 6.03. The molecule has 7 nitrogen and oxygen atoms in total. The van der Waals surface area contributed by atoms with E-state index in [2.05, 4.69) is 9.97 Å². The first-order chi connectivity index (χ1) is 20.3. The molecule has 0 saturated carbocycles. The quantitative estimate of drug-likeness (QED) is 0.146. The molecule has 214 valence electrons. The number of nitrogens with zero attached hydrogens (tertiary/aromatic N) is 5. The molecule has 0 spiro atoms. The number of benzene rings is 3. The lowest BCUT2D eigenvalue weighted by Crippen LogP contribution is -2.06. The van der Waals surface area contributed by atoms with E-state index in [9.17, 15) is 42.1 Å². The molecular weight excluding hydrogens is 604 g/mol. The van der Waals surface area contributed by atoms with Crippen molar-refractivity contribution >= 4 is 33.3 Å². The Balaban J connectivity index is 2.23. The van der Waals surface area contributed by atoms with Gasteiger partial charge in [0.05, 0.1) is 27.8 Å². The van der Waals surface area contributed by atoms with Crippen LogP contribution in [0, 0.1) is 92.2 Å². The van der Waals surface area contributed by atoms with E-state index in [-0.39, 0.29) is 0 Å². The van der Waals surface area contributed by atoms with Crippen LogP contribution in [-0.2, 0) is 0 Å². The van der Waals surface area contributed by atoms with Crippen molar-refractivity contribution in [2.24, 2.45) is 0 Å². The first-order valence-corrected chi connectivity index (χ1v) is 11.0. The Morgan fingerprint density at radius 3 is 1.16 bits per heavy atom. The van der Waals surface area contributed by atoms with E-state index in [1.165, 1.54) is 12.1 Å². The largest absolute Gasteiger partial charge is 0.435 e. The number of nitriles is 3. The highest BCUT2D eigenvalue weighted by molar-refractivity contribution is 6.16. The van der Waals surface area contributed by atoms with Crippen LogP contribution in [0.25, 0.3) is 55.6 Å². The Bertz CT molecular complexity index is 2150. The molecule has 17 heteroatoms. The Labute approximate surface area is 229 Å². The lowest BCUT2D eigenvalue weighted by Gasteiger charge is -2.13. The first kappa shape index (κ1) is 28.6. The summed E-state index contributed by atoms with van der Waals surface area (Å²) in [4.78, 5) is 7.39. The Kier molecular flexibility index (Phi) is 6.58. The molecule has 0 N–H and O–H groups in total. The van der Waals surface area contributed by atoms with Gasteiger partial charge in [0.25, 0.3) is 0 Å². The van der Waals surface area contributed by atoms with Gasteiger partial charge in [0.2, 0.25) is 22.7 Å². The van der Waals surface area contributed by atoms with Crippen molar-refractivity contribution in [2.75, 3.05) is 0 Å². The highest BCUT2D eigenvalue weighted by atomic mass is 19.2. The summed E-state index contributed by atoms with van der Waals surface area (Å²) in [5, 5.41) is 27.7. The lowest BCUT2D eigenvalue weighted by molar-refractivity contribution is 0.381. The van der Waals surface area contributed by atoms with Crippen LogP contribution in [0.4, 0.5) is 43.9 Å². The molecule has 0 fully saturated rings. The number of rotatable bonds is 2. The van der Waals surface area contributed by atoms with E-state index in [1.807, 2.05) is 0 Å². The molecule has 0 aliphatic heterocycles. The summed E-state index contributed by atoms with van der Waals surface area (Å²) in [5.41, 5.74) is -13.9. The van der Waals surface area contributed by atoms with Crippen LogP contribution in [0.5, 0.6) is 0 Å². The highest BCUT2D eigenvalue weighted by Gasteiger charge is 2.36. The van der Waals surface area contributed by atoms with E-state index < -0.39 is 125 Å². The number of fused-ring (bicyclic) bond motifs is 2. The van der Waals surface area contributed by atoms with Crippen LogP contribution in [0.15, 0.2) is 8.83 Å². The number of aromatic nitrogens is 2. The van der Waals surface area contributed by atoms with Crippen LogP contribution in [-0.4, -0.2) is 9.97 Å². The topological polar surface area (TPSA) is 123 Å². The number of oxazole rings is 2.